The Morgan fingerprint density at radius 2 is 2.24 bits per heavy atom. The minimum atomic E-state index is -0.0281. The number of rotatable bonds is 7. The molecule has 1 amide bonds. The summed E-state index contributed by atoms with van der Waals surface area (Å²) < 4.78 is 10.7. The first-order chi connectivity index (χ1) is 10.3. The van der Waals surface area contributed by atoms with E-state index in [1.54, 1.807) is 18.9 Å². The van der Waals surface area contributed by atoms with Crippen molar-refractivity contribution in [1.82, 2.24) is 5.32 Å². The maximum Gasteiger partial charge on any atom is 0.221 e. The molecule has 0 spiro atoms. The number of carbonyl (C=O) groups is 1. The Balaban J connectivity index is 1.63. The van der Waals surface area contributed by atoms with Crippen LogP contribution in [0.15, 0.2) is 30.3 Å². The van der Waals surface area contributed by atoms with Gasteiger partial charge in [0, 0.05) is 31.6 Å². The molecule has 2 rings (SSSR count). The van der Waals surface area contributed by atoms with Crippen molar-refractivity contribution in [2.24, 2.45) is 0 Å². The molecule has 1 aromatic rings. The number of methoxy groups -OCH3 is 1. The van der Waals surface area contributed by atoms with Gasteiger partial charge < -0.3 is 14.8 Å². The molecule has 1 aromatic carbocycles. The normalized spacial score (nSPS) is 22.0. The van der Waals surface area contributed by atoms with Crippen molar-refractivity contribution in [3.63, 3.8) is 0 Å². The molecule has 1 aliphatic heterocycles. The number of hydrogen-bond donors (Lipinski definition) is 1. The molecule has 1 N–H and O–H groups in total. The van der Waals surface area contributed by atoms with E-state index in [1.807, 2.05) is 18.2 Å². The standard InChI is InChI=1S/C16H23NO3S/c1-19-15-11-20-9-7-14(15)17-16(18)8-10-21-12-13-5-3-2-4-6-13/h2-6,14-15H,7-12H2,1H3,(H,17,18)/t14-,15-/m1/s1. The summed E-state index contributed by atoms with van der Waals surface area (Å²) in [6, 6.07) is 10.4. The van der Waals surface area contributed by atoms with Gasteiger partial charge in [-0.1, -0.05) is 30.3 Å². The van der Waals surface area contributed by atoms with Gasteiger partial charge in [-0.3, -0.25) is 4.79 Å². The van der Waals surface area contributed by atoms with Crippen molar-refractivity contribution < 1.29 is 14.3 Å². The van der Waals surface area contributed by atoms with Crippen LogP contribution in [0.4, 0.5) is 0 Å². The topological polar surface area (TPSA) is 47.6 Å². The fourth-order valence-corrected chi connectivity index (χ4v) is 3.22. The van der Waals surface area contributed by atoms with Crippen molar-refractivity contribution in [2.75, 3.05) is 26.1 Å². The van der Waals surface area contributed by atoms with E-state index in [1.165, 1.54) is 5.56 Å². The molecule has 2 atom stereocenters. The van der Waals surface area contributed by atoms with E-state index >= 15 is 0 Å². The molecule has 0 aliphatic carbocycles. The third-order valence-corrected chi connectivity index (χ3v) is 4.57. The van der Waals surface area contributed by atoms with E-state index in [-0.39, 0.29) is 18.1 Å². The Labute approximate surface area is 130 Å². The third-order valence-electron chi connectivity index (χ3n) is 3.54. The molecule has 1 fully saturated rings. The van der Waals surface area contributed by atoms with Crippen LogP contribution in [0.5, 0.6) is 0 Å². The number of benzene rings is 1. The molecule has 0 unspecified atom stereocenters. The molecular weight excluding hydrogens is 286 g/mol. The number of hydrogen-bond acceptors (Lipinski definition) is 4. The summed E-state index contributed by atoms with van der Waals surface area (Å²) >= 11 is 1.79. The van der Waals surface area contributed by atoms with Crippen LogP contribution < -0.4 is 5.32 Å². The lowest BCUT2D eigenvalue weighted by molar-refractivity contribution is -0.124. The summed E-state index contributed by atoms with van der Waals surface area (Å²) in [7, 11) is 1.66. The van der Waals surface area contributed by atoms with Crippen molar-refractivity contribution in [3.8, 4) is 0 Å². The number of nitrogens with one attached hydrogen (secondary N) is 1. The predicted octanol–water partition coefficient (Wildman–Crippen LogP) is 2.23. The van der Waals surface area contributed by atoms with Gasteiger partial charge in [0.25, 0.3) is 0 Å². The van der Waals surface area contributed by atoms with Gasteiger partial charge in [-0.25, -0.2) is 0 Å². The molecule has 0 bridgehead atoms. The smallest absolute Gasteiger partial charge is 0.221 e. The van der Waals surface area contributed by atoms with Crippen LogP contribution in [-0.2, 0) is 20.0 Å². The largest absolute Gasteiger partial charge is 0.379 e. The molecule has 0 radical (unpaired) electrons. The Morgan fingerprint density at radius 3 is 3.00 bits per heavy atom. The van der Waals surface area contributed by atoms with Gasteiger partial charge in [-0.05, 0) is 12.0 Å². The van der Waals surface area contributed by atoms with Crippen LogP contribution in [0, 0.1) is 0 Å². The molecule has 116 valence electrons. The number of thioether (sulfide) groups is 1. The van der Waals surface area contributed by atoms with Crippen LogP contribution in [0.25, 0.3) is 0 Å². The van der Waals surface area contributed by atoms with Crippen LogP contribution in [0.1, 0.15) is 18.4 Å². The third kappa shape index (κ3) is 5.69. The molecule has 1 heterocycles. The zero-order valence-corrected chi connectivity index (χ0v) is 13.2. The Morgan fingerprint density at radius 1 is 1.43 bits per heavy atom. The van der Waals surface area contributed by atoms with Crippen molar-refractivity contribution in [3.05, 3.63) is 35.9 Å². The van der Waals surface area contributed by atoms with Crippen LogP contribution in [0.3, 0.4) is 0 Å². The van der Waals surface area contributed by atoms with Gasteiger partial charge in [-0.15, -0.1) is 0 Å². The second kappa shape index (κ2) is 9.07. The van der Waals surface area contributed by atoms with Crippen molar-refractivity contribution in [1.29, 1.82) is 0 Å². The quantitative estimate of drug-likeness (QED) is 0.785. The Hall–Kier alpha value is -1.04. The van der Waals surface area contributed by atoms with E-state index in [2.05, 4.69) is 17.4 Å². The summed E-state index contributed by atoms with van der Waals surface area (Å²) in [4.78, 5) is 12.0. The highest BCUT2D eigenvalue weighted by atomic mass is 32.2. The van der Waals surface area contributed by atoms with E-state index < -0.39 is 0 Å². The highest BCUT2D eigenvalue weighted by Crippen LogP contribution is 2.14. The van der Waals surface area contributed by atoms with Gasteiger partial charge in [-0.2, -0.15) is 11.8 Å². The summed E-state index contributed by atoms with van der Waals surface area (Å²) in [6.07, 6.45) is 1.34. The lowest BCUT2D eigenvalue weighted by Gasteiger charge is -2.31. The van der Waals surface area contributed by atoms with Gasteiger partial charge in [0.1, 0.15) is 6.10 Å². The average molecular weight is 309 g/mol. The molecule has 5 heteroatoms. The van der Waals surface area contributed by atoms with Crippen LogP contribution in [-0.4, -0.2) is 44.1 Å². The van der Waals surface area contributed by atoms with Crippen molar-refractivity contribution >= 4 is 17.7 Å². The lowest BCUT2D eigenvalue weighted by Crippen LogP contribution is -2.49. The Kier molecular flexibility index (Phi) is 7.06. The summed E-state index contributed by atoms with van der Waals surface area (Å²) in [6.45, 7) is 1.25. The maximum absolute atomic E-state index is 12.0. The highest BCUT2D eigenvalue weighted by molar-refractivity contribution is 7.98. The lowest BCUT2D eigenvalue weighted by atomic mass is 10.1. The Bertz CT molecular complexity index is 427. The molecule has 0 saturated carbocycles. The zero-order chi connectivity index (χ0) is 14.9. The van der Waals surface area contributed by atoms with E-state index in [0.717, 1.165) is 17.9 Å². The molecule has 0 aromatic heterocycles. The highest BCUT2D eigenvalue weighted by Gasteiger charge is 2.26. The second-order valence-electron chi connectivity index (χ2n) is 5.10. The predicted molar refractivity (Wildman–Crippen MR) is 85.4 cm³/mol. The summed E-state index contributed by atoms with van der Waals surface area (Å²) in [5, 5.41) is 3.06. The molecular formula is C16H23NO3S. The second-order valence-corrected chi connectivity index (χ2v) is 6.21. The fourth-order valence-electron chi connectivity index (χ4n) is 2.32. The maximum atomic E-state index is 12.0. The van der Waals surface area contributed by atoms with Gasteiger partial charge in [0.05, 0.1) is 12.6 Å². The molecule has 4 nitrogen and oxygen atoms in total. The summed E-state index contributed by atoms with van der Waals surface area (Å²) in [5.74, 6) is 1.89. The van der Waals surface area contributed by atoms with Gasteiger partial charge >= 0.3 is 0 Å². The first-order valence-electron chi connectivity index (χ1n) is 7.31. The van der Waals surface area contributed by atoms with Crippen LogP contribution in [0.2, 0.25) is 0 Å². The fraction of sp³-hybridized carbons (Fsp3) is 0.562. The molecule has 1 aliphatic rings. The van der Waals surface area contributed by atoms with Gasteiger partial charge in [0.2, 0.25) is 5.91 Å². The number of ether oxygens (including phenoxy) is 2. The number of amides is 1. The molecule has 21 heavy (non-hydrogen) atoms. The van der Waals surface area contributed by atoms with E-state index in [0.29, 0.717) is 19.6 Å². The minimum Gasteiger partial charge on any atom is -0.379 e. The van der Waals surface area contributed by atoms with E-state index in [4.69, 9.17) is 9.47 Å². The van der Waals surface area contributed by atoms with E-state index in [9.17, 15) is 4.79 Å². The van der Waals surface area contributed by atoms with Crippen LogP contribution >= 0.6 is 11.8 Å². The monoisotopic (exact) mass is 309 g/mol. The average Bonchev–Trinajstić information content (AvgIpc) is 2.53. The molecule has 1 saturated heterocycles. The van der Waals surface area contributed by atoms with Crippen molar-refractivity contribution in [2.45, 2.75) is 30.7 Å². The number of carbonyl (C=O) groups excluding carboxylic acids is 1. The SMILES string of the molecule is CO[C@@H]1COCC[C@H]1NC(=O)CCSCc1ccccc1. The first-order valence-corrected chi connectivity index (χ1v) is 8.46. The first kappa shape index (κ1) is 16.3. The minimum absolute atomic E-state index is 0.0281. The van der Waals surface area contributed by atoms with Gasteiger partial charge in [0.15, 0.2) is 0 Å². The zero-order valence-electron chi connectivity index (χ0n) is 12.4. The summed E-state index contributed by atoms with van der Waals surface area (Å²) in [5.41, 5.74) is 1.30.